The molecule has 218 valence electrons. The van der Waals surface area contributed by atoms with Crippen molar-refractivity contribution >= 4 is 23.9 Å². The minimum atomic E-state index is -0.924. The minimum Gasteiger partial charge on any atom is -0.466 e. The van der Waals surface area contributed by atoms with Crippen LogP contribution in [0.5, 0.6) is 0 Å². The maximum absolute atomic E-state index is 14.3. The van der Waals surface area contributed by atoms with Crippen LogP contribution in [0.3, 0.4) is 0 Å². The molecule has 1 saturated carbocycles. The highest BCUT2D eigenvalue weighted by atomic mass is 16.6. The molecule has 1 fully saturated rings. The van der Waals surface area contributed by atoms with E-state index in [-0.39, 0.29) is 49.3 Å². The number of carbonyl (C=O) groups excluding carboxylic acids is 4. The lowest BCUT2D eigenvalue weighted by Gasteiger charge is -2.36. The number of nitrogens with one attached hydrogen (secondary N) is 2. The van der Waals surface area contributed by atoms with E-state index in [4.69, 9.17) is 9.47 Å². The lowest BCUT2D eigenvalue weighted by atomic mass is 9.95. The third-order valence-corrected chi connectivity index (χ3v) is 6.99. The van der Waals surface area contributed by atoms with E-state index >= 15 is 0 Å². The van der Waals surface area contributed by atoms with Crippen LogP contribution in [0, 0.1) is 11.8 Å². The predicted molar refractivity (Wildman–Crippen MR) is 150 cm³/mol. The highest BCUT2D eigenvalue weighted by molar-refractivity contribution is 5.93. The molecule has 0 bridgehead atoms. The number of aryl methyl sites for hydroxylation is 1. The molecule has 1 aliphatic rings. The van der Waals surface area contributed by atoms with Crippen molar-refractivity contribution in [2.75, 3.05) is 13.2 Å². The first-order chi connectivity index (χ1) is 18.3. The molecule has 9 heteroatoms. The summed E-state index contributed by atoms with van der Waals surface area (Å²) in [5.74, 6) is -1.09. The zero-order valence-electron chi connectivity index (χ0n) is 24.8. The number of esters is 1. The van der Waals surface area contributed by atoms with Crippen molar-refractivity contribution in [2.45, 2.75) is 105 Å². The predicted octanol–water partition coefficient (Wildman–Crippen LogP) is 4.54. The third-order valence-electron chi connectivity index (χ3n) is 6.99. The third kappa shape index (κ3) is 9.55. The average molecular weight is 546 g/mol. The van der Waals surface area contributed by atoms with E-state index in [0.29, 0.717) is 12.0 Å². The van der Waals surface area contributed by atoms with E-state index in [1.54, 1.807) is 32.6 Å². The number of nitrogens with zero attached hydrogens (tertiary/aromatic N) is 1. The number of amides is 3. The summed E-state index contributed by atoms with van der Waals surface area (Å²) < 4.78 is 10.4. The van der Waals surface area contributed by atoms with Crippen molar-refractivity contribution in [3.63, 3.8) is 0 Å². The van der Waals surface area contributed by atoms with Crippen molar-refractivity contribution in [3.8, 4) is 0 Å². The molecule has 0 spiro atoms. The summed E-state index contributed by atoms with van der Waals surface area (Å²) in [6.45, 7) is 15.3. The van der Waals surface area contributed by atoms with Crippen LogP contribution in [0.4, 0.5) is 4.79 Å². The van der Waals surface area contributed by atoms with Crippen LogP contribution in [0.2, 0.25) is 0 Å². The van der Waals surface area contributed by atoms with Gasteiger partial charge in [0.05, 0.1) is 13.0 Å². The molecule has 0 saturated heterocycles. The zero-order valence-corrected chi connectivity index (χ0v) is 24.8. The monoisotopic (exact) mass is 545 g/mol. The molecule has 2 rings (SSSR count). The molecule has 0 aromatic heterocycles. The highest BCUT2D eigenvalue weighted by Gasteiger charge is 2.48. The second-order valence-electron chi connectivity index (χ2n) is 11.4. The Morgan fingerprint density at radius 1 is 1.08 bits per heavy atom. The fraction of sp³-hybridized carbons (Fsp3) is 0.667. The molecule has 5 unspecified atom stereocenters. The van der Waals surface area contributed by atoms with Crippen molar-refractivity contribution in [3.05, 3.63) is 35.4 Å². The molecule has 39 heavy (non-hydrogen) atoms. The maximum Gasteiger partial charge on any atom is 0.408 e. The molecule has 9 nitrogen and oxygen atoms in total. The second-order valence-corrected chi connectivity index (χ2v) is 11.4. The van der Waals surface area contributed by atoms with Crippen LogP contribution < -0.4 is 10.6 Å². The van der Waals surface area contributed by atoms with Crippen LogP contribution >= 0.6 is 0 Å². The molecule has 5 atom stereocenters. The van der Waals surface area contributed by atoms with E-state index in [0.717, 1.165) is 18.4 Å². The first-order valence-electron chi connectivity index (χ1n) is 14.2. The van der Waals surface area contributed by atoms with Crippen LogP contribution in [-0.2, 0) is 30.3 Å². The largest absolute Gasteiger partial charge is 0.466 e. The van der Waals surface area contributed by atoms with Gasteiger partial charge in [-0.1, -0.05) is 58.4 Å². The maximum atomic E-state index is 14.3. The first kappa shape index (κ1) is 32.1. The quantitative estimate of drug-likeness (QED) is 0.352. The molecule has 0 radical (unpaired) electrons. The molecule has 1 aromatic rings. The normalized spacial score (nSPS) is 18.8. The van der Waals surface area contributed by atoms with Gasteiger partial charge in [-0.15, -0.1) is 0 Å². The van der Waals surface area contributed by atoms with Gasteiger partial charge in [-0.05, 0) is 63.5 Å². The van der Waals surface area contributed by atoms with Gasteiger partial charge in [0.2, 0.25) is 11.8 Å². The van der Waals surface area contributed by atoms with E-state index in [9.17, 15) is 19.2 Å². The van der Waals surface area contributed by atoms with Gasteiger partial charge in [-0.3, -0.25) is 14.4 Å². The van der Waals surface area contributed by atoms with Crippen LogP contribution in [0.25, 0.3) is 0 Å². The fourth-order valence-corrected chi connectivity index (χ4v) is 4.44. The number of benzene rings is 1. The molecular formula is C30H47N3O6. The van der Waals surface area contributed by atoms with Gasteiger partial charge in [0.1, 0.15) is 17.7 Å². The van der Waals surface area contributed by atoms with Crippen molar-refractivity contribution in [2.24, 2.45) is 11.8 Å². The van der Waals surface area contributed by atoms with Crippen LogP contribution in [0.15, 0.2) is 24.3 Å². The molecule has 1 aromatic carbocycles. The van der Waals surface area contributed by atoms with Gasteiger partial charge in [0, 0.05) is 12.6 Å². The van der Waals surface area contributed by atoms with Gasteiger partial charge in [0.15, 0.2) is 0 Å². The number of hydrogen-bond donors (Lipinski definition) is 2. The highest BCUT2D eigenvalue weighted by Crippen LogP contribution is 2.41. The van der Waals surface area contributed by atoms with Gasteiger partial charge in [-0.2, -0.15) is 0 Å². The van der Waals surface area contributed by atoms with Gasteiger partial charge >= 0.3 is 12.1 Å². The second kappa shape index (κ2) is 14.3. The molecule has 0 aliphatic heterocycles. The summed E-state index contributed by atoms with van der Waals surface area (Å²) in [7, 11) is 0. The lowest BCUT2D eigenvalue weighted by Crippen LogP contribution is -2.56. The standard InChI is InChI=1S/C30H47N3O6/c1-9-19(4)25(32-29(37)39-30(6,7)8)28(36)33(23-18-20(23)5)26(22-14-12-21(10-2)13-15-22)27(35)31-17-16-24(34)38-11-3/h12-15,19-20,23,25-26H,9-11,16-18H2,1-8H3,(H,31,35)(H,32,37). The smallest absolute Gasteiger partial charge is 0.408 e. The first-order valence-corrected chi connectivity index (χ1v) is 14.2. The van der Waals surface area contributed by atoms with Gasteiger partial charge < -0.3 is 25.0 Å². The Labute approximate surface area is 233 Å². The van der Waals surface area contributed by atoms with Crippen molar-refractivity contribution in [1.29, 1.82) is 0 Å². The number of ether oxygens (including phenoxy) is 2. The minimum absolute atomic E-state index is 0.0323. The summed E-state index contributed by atoms with van der Waals surface area (Å²) >= 11 is 0. The molecule has 3 amide bonds. The Morgan fingerprint density at radius 3 is 2.18 bits per heavy atom. The molecular weight excluding hydrogens is 498 g/mol. The summed E-state index contributed by atoms with van der Waals surface area (Å²) in [5.41, 5.74) is 1.07. The molecule has 2 N–H and O–H groups in total. The topological polar surface area (TPSA) is 114 Å². The van der Waals surface area contributed by atoms with E-state index in [1.165, 1.54) is 0 Å². The number of alkyl carbamates (subject to hydrolysis) is 1. The summed E-state index contributed by atoms with van der Waals surface area (Å²) in [4.78, 5) is 54.2. The Kier molecular flexibility index (Phi) is 11.8. The molecule has 1 aliphatic carbocycles. The summed E-state index contributed by atoms with van der Waals surface area (Å²) in [6.07, 6.45) is 1.60. The Morgan fingerprint density at radius 2 is 1.69 bits per heavy atom. The zero-order chi connectivity index (χ0) is 29.3. The Bertz CT molecular complexity index is 987. The van der Waals surface area contributed by atoms with E-state index in [2.05, 4.69) is 17.6 Å². The lowest BCUT2D eigenvalue weighted by molar-refractivity contribution is -0.145. The fourth-order valence-electron chi connectivity index (χ4n) is 4.44. The van der Waals surface area contributed by atoms with Crippen molar-refractivity contribution in [1.82, 2.24) is 15.5 Å². The number of rotatable bonds is 13. The summed E-state index contributed by atoms with van der Waals surface area (Å²) in [5, 5.41) is 5.63. The number of carbonyl (C=O) groups is 4. The van der Waals surface area contributed by atoms with Crippen LogP contribution in [-0.4, -0.2) is 59.6 Å². The average Bonchev–Trinajstić information content (AvgIpc) is 3.59. The van der Waals surface area contributed by atoms with Gasteiger partial charge in [0.25, 0.3) is 0 Å². The Balaban J connectivity index is 2.45. The molecule has 0 heterocycles. The Hall–Kier alpha value is -3.10. The van der Waals surface area contributed by atoms with E-state index in [1.807, 2.05) is 45.0 Å². The summed E-state index contributed by atoms with van der Waals surface area (Å²) in [6, 6.07) is 5.71. The van der Waals surface area contributed by atoms with E-state index < -0.39 is 29.7 Å². The van der Waals surface area contributed by atoms with Gasteiger partial charge in [-0.25, -0.2) is 4.79 Å². The number of hydrogen-bond acceptors (Lipinski definition) is 6. The van der Waals surface area contributed by atoms with Crippen molar-refractivity contribution < 1.29 is 28.7 Å². The van der Waals surface area contributed by atoms with Crippen LogP contribution in [0.1, 0.15) is 91.8 Å². The SMILES string of the molecule is CCOC(=O)CCNC(=O)C(c1ccc(CC)cc1)N(C(=O)C(NC(=O)OC(C)(C)C)C(C)CC)C1CC1C.